The number of anilines is 1. The molecule has 0 unspecified atom stereocenters. The summed E-state index contributed by atoms with van der Waals surface area (Å²) in [6, 6.07) is 7.10. The second kappa shape index (κ2) is 6.17. The Bertz CT molecular complexity index is 469. The van der Waals surface area contributed by atoms with Crippen molar-refractivity contribution in [2.45, 2.75) is 33.4 Å². The van der Waals surface area contributed by atoms with Crippen LogP contribution in [0.2, 0.25) is 0 Å². The zero-order valence-corrected chi connectivity index (χ0v) is 11.9. The minimum absolute atomic E-state index is 0.115. The molecule has 0 amide bonds. The van der Waals surface area contributed by atoms with Gasteiger partial charge in [0.2, 0.25) is 0 Å². The Balaban J connectivity index is 2.82. The van der Waals surface area contributed by atoms with E-state index in [2.05, 4.69) is 4.72 Å². The third-order valence-corrected chi connectivity index (χ3v) is 4.25. The van der Waals surface area contributed by atoms with Gasteiger partial charge in [0, 0.05) is 24.8 Å². The lowest BCUT2D eigenvalue weighted by atomic mass is 10.2. The first-order chi connectivity index (χ1) is 8.35. The van der Waals surface area contributed by atoms with Gasteiger partial charge in [0.1, 0.15) is 0 Å². The molecule has 0 bridgehead atoms. The molecule has 0 fully saturated rings. The Morgan fingerprint density at radius 1 is 1.28 bits per heavy atom. The molecule has 0 aliphatic heterocycles. The molecule has 0 heterocycles. The maximum Gasteiger partial charge on any atom is 0.279 e. The molecule has 0 saturated heterocycles. The van der Waals surface area contributed by atoms with Crippen molar-refractivity contribution in [1.29, 1.82) is 0 Å². The van der Waals surface area contributed by atoms with Crippen LogP contribution in [0.3, 0.4) is 0 Å². The zero-order valence-electron chi connectivity index (χ0n) is 11.1. The molecule has 3 N–H and O–H groups in total. The summed E-state index contributed by atoms with van der Waals surface area (Å²) in [5.41, 5.74) is 7.19. The van der Waals surface area contributed by atoms with Gasteiger partial charge >= 0.3 is 0 Å². The summed E-state index contributed by atoms with van der Waals surface area (Å²) in [6.07, 6.45) is 0. The third kappa shape index (κ3) is 4.29. The average molecular weight is 271 g/mol. The monoisotopic (exact) mass is 271 g/mol. The summed E-state index contributed by atoms with van der Waals surface area (Å²) in [5.74, 6) is 0. The smallest absolute Gasteiger partial charge is 0.279 e. The van der Waals surface area contributed by atoms with Gasteiger partial charge in [-0.3, -0.25) is 0 Å². The lowest BCUT2D eigenvalue weighted by Crippen LogP contribution is -2.43. The van der Waals surface area contributed by atoms with Crippen LogP contribution in [0.5, 0.6) is 0 Å². The first-order valence-corrected chi connectivity index (χ1v) is 7.41. The molecule has 102 valence electrons. The normalized spacial score (nSPS) is 12.3. The van der Waals surface area contributed by atoms with Crippen LogP contribution in [-0.2, 0) is 16.8 Å². The van der Waals surface area contributed by atoms with Gasteiger partial charge in [-0.15, -0.1) is 0 Å². The summed E-state index contributed by atoms with van der Waals surface area (Å²) < 4.78 is 28.0. The van der Waals surface area contributed by atoms with E-state index in [1.165, 1.54) is 4.31 Å². The van der Waals surface area contributed by atoms with Crippen LogP contribution in [0.25, 0.3) is 0 Å². The molecule has 18 heavy (non-hydrogen) atoms. The molecule has 1 aromatic rings. The summed E-state index contributed by atoms with van der Waals surface area (Å²) in [5, 5.41) is 0. The minimum atomic E-state index is -3.43. The van der Waals surface area contributed by atoms with E-state index >= 15 is 0 Å². The Morgan fingerprint density at radius 2 is 1.83 bits per heavy atom. The SMILES string of the molecule is CCN(Cc1ccc(N)cc1)S(=O)(=O)NC(C)C. The van der Waals surface area contributed by atoms with Gasteiger partial charge in [-0.2, -0.15) is 17.4 Å². The molecular formula is C12H21N3O2S. The van der Waals surface area contributed by atoms with E-state index in [-0.39, 0.29) is 6.04 Å². The van der Waals surface area contributed by atoms with Crippen LogP contribution in [0.4, 0.5) is 5.69 Å². The predicted molar refractivity (Wildman–Crippen MR) is 74.1 cm³/mol. The number of nitrogen functional groups attached to an aromatic ring is 1. The molecule has 0 aliphatic carbocycles. The number of nitrogens with one attached hydrogen (secondary N) is 1. The van der Waals surface area contributed by atoms with E-state index in [1.54, 1.807) is 26.0 Å². The fraction of sp³-hybridized carbons (Fsp3) is 0.500. The topological polar surface area (TPSA) is 75.4 Å². The number of rotatable bonds is 6. The van der Waals surface area contributed by atoms with Crippen molar-refractivity contribution in [3.8, 4) is 0 Å². The van der Waals surface area contributed by atoms with Gasteiger partial charge in [-0.05, 0) is 31.5 Å². The molecule has 5 nitrogen and oxygen atoms in total. The second-order valence-corrected chi connectivity index (χ2v) is 6.15. The van der Waals surface area contributed by atoms with E-state index in [0.29, 0.717) is 18.8 Å². The van der Waals surface area contributed by atoms with Crippen LogP contribution in [0, 0.1) is 0 Å². The molecule has 1 aromatic carbocycles. The van der Waals surface area contributed by atoms with Crippen LogP contribution >= 0.6 is 0 Å². The summed E-state index contributed by atoms with van der Waals surface area (Å²) in [4.78, 5) is 0. The standard InChI is InChI=1S/C12H21N3O2S/c1-4-15(18(16,17)14-10(2)3)9-11-5-7-12(13)8-6-11/h5-8,10,14H,4,9,13H2,1-3H3. The van der Waals surface area contributed by atoms with Crippen LogP contribution in [0.15, 0.2) is 24.3 Å². The van der Waals surface area contributed by atoms with E-state index in [9.17, 15) is 8.42 Å². The Labute approximate surface area is 109 Å². The predicted octanol–water partition coefficient (Wildman–Crippen LogP) is 1.33. The van der Waals surface area contributed by atoms with Crippen molar-refractivity contribution in [3.05, 3.63) is 29.8 Å². The first-order valence-electron chi connectivity index (χ1n) is 5.97. The van der Waals surface area contributed by atoms with Gasteiger partial charge in [-0.1, -0.05) is 19.1 Å². The maximum absolute atomic E-state index is 12.0. The molecule has 0 saturated carbocycles. The lowest BCUT2D eigenvalue weighted by molar-refractivity contribution is 0.410. The maximum atomic E-state index is 12.0. The van der Waals surface area contributed by atoms with Gasteiger partial charge in [-0.25, -0.2) is 0 Å². The van der Waals surface area contributed by atoms with Crippen molar-refractivity contribution in [2.24, 2.45) is 0 Å². The van der Waals surface area contributed by atoms with Crippen molar-refractivity contribution >= 4 is 15.9 Å². The number of hydrogen-bond donors (Lipinski definition) is 2. The highest BCUT2D eigenvalue weighted by molar-refractivity contribution is 7.87. The highest BCUT2D eigenvalue weighted by Gasteiger charge is 2.21. The van der Waals surface area contributed by atoms with Crippen LogP contribution in [0.1, 0.15) is 26.3 Å². The van der Waals surface area contributed by atoms with E-state index in [0.717, 1.165) is 5.56 Å². The first kappa shape index (κ1) is 14.9. The van der Waals surface area contributed by atoms with E-state index in [1.807, 2.05) is 19.1 Å². The van der Waals surface area contributed by atoms with Crippen LogP contribution in [-0.4, -0.2) is 25.3 Å². The average Bonchev–Trinajstić information content (AvgIpc) is 2.26. The van der Waals surface area contributed by atoms with Crippen LogP contribution < -0.4 is 10.5 Å². The Hall–Kier alpha value is -1.11. The number of benzene rings is 1. The number of nitrogens with zero attached hydrogens (tertiary/aromatic N) is 1. The molecular weight excluding hydrogens is 250 g/mol. The fourth-order valence-corrected chi connectivity index (χ4v) is 2.97. The van der Waals surface area contributed by atoms with Gasteiger partial charge in [0.15, 0.2) is 0 Å². The number of hydrogen-bond acceptors (Lipinski definition) is 3. The Morgan fingerprint density at radius 3 is 2.28 bits per heavy atom. The van der Waals surface area contributed by atoms with Gasteiger partial charge < -0.3 is 5.73 Å². The zero-order chi connectivity index (χ0) is 13.8. The third-order valence-electron chi connectivity index (χ3n) is 2.42. The molecule has 6 heteroatoms. The largest absolute Gasteiger partial charge is 0.399 e. The highest BCUT2D eigenvalue weighted by atomic mass is 32.2. The summed E-state index contributed by atoms with van der Waals surface area (Å²) in [6.45, 7) is 6.19. The second-order valence-electron chi connectivity index (χ2n) is 4.45. The van der Waals surface area contributed by atoms with Gasteiger partial charge in [0.05, 0.1) is 0 Å². The van der Waals surface area contributed by atoms with Crippen molar-refractivity contribution in [2.75, 3.05) is 12.3 Å². The molecule has 0 aliphatic rings. The van der Waals surface area contributed by atoms with Crippen molar-refractivity contribution < 1.29 is 8.42 Å². The van der Waals surface area contributed by atoms with Crippen molar-refractivity contribution in [3.63, 3.8) is 0 Å². The molecule has 1 rings (SSSR count). The lowest BCUT2D eigenvalue weighted by Gasteiger charge is -2.22. The summed E-state index contributed by atoms with van der Waals surface area (Å²) >= 11 is 0. The van der Waals surface area contributed by atoms with E-state index < -0.39 is 10.2 Å². The van der Waals surface area contributed by atoms with E-state index in [4.69, 9.17) is 5.73 Å². The molecule has 0 atom stereocenters. The Kier molecular flexibility index (Phi) is 5.13. The molecule has 0 radical (unpaired) electrons. The van der Waals surface area contributed by atoms with Gasteiger partial charge in [0.25, 0.3) is 10.2 Å². The minimum Gasteiger partial charge on any atom is -0.399 e. The fourth-order valence-electron chi connectivity index (χ4n) is 1.57. The summed E-state index contributed by atoms with van der Waals surface area (Å²) in [7, 11) is -3.43. The molecule has 0 aromatic heterocycles. The highest BCUT2D eigenvalue weighted by Crippen LogP contribution is 2.11. The molecule has 0 spiro atoms. The van der Waals surface area contributed by atoms with Crippen molar-refractivity contribution in [1.82, 2.24) is 9.03 Å². The number of nitrogens with two attached hydrogens (primary N) is 1. The quantitative estimate of drug-likeness (QED) is 0.767.